The van der Waals surface area contributed by atoms with E-state index in [0.717, 1.165) is 53.3 Å². The number of benzene rings is 1. The van der Waals surface area contributed by atoms with E-state index in [1.54, 1.807) is 17.6 Å². The number of halogens is 3. The molecular weight excluding hydrogens is 483 g/mol. The summed E-state index contributed by atoms with van der Waals surface area (Å²) in [6.07, 6.45) is 0.883. The van der Waals surface area contributed by atoms with Gasteiger partial charge < -0.3 is 20.2 Å². The quantitative estimate of drug-likeness (QED) is 0.356. The van der Waals surface area contributed by atoms with Gasteiger partial charge in [-0.15, -0.1) is 0 Å². The van der Waals surface area contributed by atoms with Crippen molar-refractivity contribution < 1.29 is 32.3 Å². The maximum absolute atomic E-state index is 12.4. The summed E-state index contributed by atoms with van der Waals surface area (Å²) in [5.74, 6) is -1.60. The van der Waals surface area contributed by atoms with Gasteiger partial charge in [-0.2, -0.15) is 13.2 Å². The van der Waals surface area contributed by atoms with Gasteiger partial charge in [-0.1, -0.05) is 36.3 Å². The second kappa shape index (κ2) is 11.4. The zero-order valence-electron chi connectivity index (χ0n) is 19.2. The first-order valence-corrected chi connectivity index (χ1v) is 11.8. The van der Waals surface area contributed by atoms with E-state index in [0.29, 0.717) is 11.7 Å². The third kappa shape index (κ3) is 7.32. The van der Waals surface area contributed by atoms with Crippen LogP contribution >= 0.6 is 11.3 Å². The average molecular weight is 510 g/mol. The van der Waals surface area contributed by atoms with E-state index in [-0.39, 0.29) is 11.8 Å². The van der Waals surface area contributed by atoms with Crippen molar-refractivity contribution in [1.29, 1.82) is 0 Å². The number of nitrogens with one attached hydrogen (secondary N) is 2. The van der Waals surface area contributed by atoms with Gasteiger partial charge in [0.05, 0.1) is 23.4 Å². The molecule has 3 N–H and O–H groups in total. The first kappa shape index (κ1) is 26.3. The Balaban J connectivity index is 0.000000429. The molecule has 1 amide bonds. The molecule has 1 aliphatic rings. The van der Waals surface area contributed by atoms with E-state index in [9.17, 15) is 18.0 Å². The Labute approximate surface area is 204 Å². The number of alkyl halides is 3. The fourth-order valence-electron chi connectivity index (χ4n) is 3.66. The van der Waals surface area contributed by atoms with Crippen molar-refractivity contribution >= 4 is 34.0 Å². The number of aryl methyl sites for hydroxylation is 2. The van der Waals surface area contributed by atoms with Gasteiger partial charge in [0.25, 0.3) is 0 Å². The Bertz CT molecular complexity index is 1150. The number of carboxylic acids is 1. The van der Waals surface area contributed by atoms with Crippen molar-refractivity contribution in [2.24, 2.45) is 5.92 Å². The number of thiazole rings is 1. The number of nitrogens with zero attached hydrogens (tertiary/aromatic N) is 1. The second-order valence-corrected chi connectivity index (χ2v) is 9.17. The van der Waals surface area contributed by atoms with Crippen molar-refractivity contribution in [3.63, 3.8) is 0 Å². The predicted molar refractivity (Wildman–Crippen MR) is 127 cm³/mol. The topological polar surface area (TPSA) is 104 Å². The van der Waals surface area contributed by atoms with Crippen LogP contribution in [0, 0.1) is 19.8 Å². The van der Waals surface area contributed by atoms with Gasteiger partial charge in [-0.3, -0.25) is 4.79 Å². The molecule has 0 unspecified atom stereocenters. The van der Waals surface area contributed by atoms with Crippen molar-refractivity contribution in [3.05, 3.63) is 53.6 Å². The van der Waals surface area contributed by atoms with E-state index in [4.69, 9.17) is 14.3 Å². The number of carbonyl (C=O) groups excluding carboxylic acids is 1. The van der Waals surface area contributed by atoms with Crippen LogP contribution in [0.1, 0.15) is 42.7 Å². The monoisotopic (exact) mass is 509 g/mol. The van der Waals surface area contributed by atoms with Gasteiger partial charge in [-0.05, 0) is 56.0 Å². The molecule has 11 heteroatoms. The highest BCUT2D eigenvalue weighted by Gasteiger charge is 2.38. The van der Waals surface area contributed by atoms with Crippen LogP contribution in [-0.2, 0) is 16.1 Å². The van der Waals surface area contributed by atoms with E-state index in [1.165, 1.54) is 5.56 Å². The largest absolute Gasteiger partial charge is 0.490 e. The maximum Gasteiger partial charge on any atom is 0.490 e. The fraction of sp³-hybridized carbons (Fsp3) is 0.375. The second-order valence-electron chi connectivity index (χ2n) is 8.17. The third-order valence-electron chi connectivity index (χ3n) is 5.53. The highest BCUT2D eigenvalue weighted by atomic mass is 32.1. The standard InChI is InChI=1S/C22H25N3O2S.C2HF3O2/c1-14-9-10-17(12-19(14)23-13-18-8-5-11-27-18)20-15(2)24-22(28-20)25-21(26)16-6-3-4-7-16;3-2(4,5)1(6)7/h5,8-12,16,23H,3-4,6-7,13H2,1-2H3,(H,24,25,26);(H,6,7). The van der Waals surface area contributed by atoms with Crippen LogP contribution in [0.3, 0.4) is 0 Å². The Kier molecular flexibility index (Phi) is 8.55. The van der Waals surface area contributed by atoms with Crippen LogP contribution in [0.15, 0.2) is 41.0 Å². The molecule has 0 bridgehead atoms. The lowest BCUT2D eigenvalue weighted by Crippen LogP contribution is -2.21. The van der Waals surface area contributed by atoms with Crippen LogP contribution in [0.2, 0.25) is 0 Å². The van der Waals surface area contributed by atoms with Gasteiger partial charge in [0, 0.05) is 11.6 Å². The Morgan fingerprint density at radius 2 is 1.89 bits per heavy atom. The molecule has 188 valence electrons. The minimum Gasteiger partial charge on any atom is -0.475 e. The molecule has 2 heterocycles. The van der Waals surface area contributed by atoms with Gasteiger partial charge in [0.2, 0.25) is 5.91 Å². The molecule has 7 nitrogen and oxygen atoms in total. The lowest BCUT2D eigenvalue weighted by molar-refractivity contribution is -0.192. The fourth-order valence-corrected chi connectivity index (χ4v) is 4.63. The summed E-state index contributed by atoms with van der Waals surface area (Å²) >= 11 is 1.54. The Morgan fingerprint density at radius 1 is 1.20 bits per heavy atom. The van der Waals surface area contributed by atoms with E-state index >= 15 is 0 Å². The van der Waals surface area contributed by atoms with Crippen LogP contribution in [0.4, 0.5) is 24.0 Å². The number of carboxylic acid groups (broad SMARTS) is 1. The minimum atomic E-state index is -5.08. The van der Waals surface area contributed by atoms with E-state index < -0.39 is 12.1 Å². The number of furan rings is 1. The van der Waals surface area contributed by atoms with Crippen LogP contribution < -0.4 is 10.6 Å². The predicted octanol–water partition coefficient (Wildman–Crippen LogP) is 6.39. The van der Waals surface area contributed by atoms with E-state index in [2.05, 4.69) is 40.7 Å². The van der Waals surface area contributed by atoms with Crippen molar-refractivity contribution in [2.45, 2.75) is 52.3 Å². The Hall–Kier alpha value is -3.34. The van der Waals surface area contributed by atoms with Gasteiger partial charge in [0.1, 0.15) is 5.76 Å². The SMILES string of the molecule is Cc1ccc(-c2sc(NC(=O)C3CCCC3)nc2C)cc1NCc1ccco1.O=C(O)C(F)(F)F. The molecule has 4 rings (SSSR count). The van der Waals surface area contributed by atoms with E-state index in [1.807, 2.05) is 19.1 Å². The molecule has 1 aromatic carbocycles. The van der Waals surface area contributed by atoms with Crippen molar-refractivity contribution in [3.8, 4) is 10.4 Å². The highest BCUT2D eigenvalue weighted by Crippen LogP contribution is 2.35. The van der Waals surface area contributed by atoms with Crippen LogP contribution in [0.25, 0.3) is 10.4 Å². The lowest BCUT2D eigenvalue weighted by Gasteiger charge is -2.10. The van der Waals surface area contributed by atoms with Gasteiger partial charge in [0.15, 0.2) is 5.13 Å². The summed E-state index contributed by atoms with van der Waals surface area (Å²) in [5.41, 5.74) is 4.28. The molecule has 0 spiro atoms. The van der Waals surface area contributed by atoms with Gasteiger partial charge in [-0.25, -0.2) is 9.78 Å². The third-order valence-corrected chi connectivity index (χ3v) is 6.65. The smallest absolute Gasteiger partial charge is 0.475 e. The molecule has 0 saturated heterocycles. The summed E-state index contributed by atoms with van der Waals surface area (Å²) in [4.78, 5) is 27.0. The minimum absolute atomic E-state index is 0.113. The molecule has 0 atom stereocenters. The molecule has 1 saturated carbocycles. The molecule has 3 aromatic rings. The van der Waals surface area contributed by atoms with Crippen LogP contribution in [-0.4, -0.2) is 28.1 Å². The number of rotatable bonds is 6. The lowest BCUT2D eigenvalue weighted by atomic mass is 10.1. The van der Waals surface area contributed by atoms with Crippen molar-refractivity contribution in [2.75, 3.05) is 10.6 Å². The normalized spacial score (nSPS) is 13.7. The number of aliphatic carboxylic acids is 1. The summed E-state index contributed by atoms with van der Waals surface area (Å²) in [6, 6.07) is 10.2. The Morgan fingerprint density at radius 3 is 2.49 bits per heavy atom. The number of anilines is 2. The summed E-state index contributed by atoms with van der Waals surface area (Å²) in [7, 11) is 0. The summed E-state index contributed by atoms with van der Waals surface area (Å²) in [5, 5.41) is 14.3. The number of amides is 1. The number of hydrogen-bond donors (Lipinski definition) is 3. The van der Waals surface area contributed by atoms with Crippen molar-refractivity contribution in [1.82, 2.24) is 4.98 Å². The highest BCUT2D eigenvalue weighted by molar-refractivity contribution is 7.19. The first-order valence-electron chi connectivity index (χ1n) is 11.0. The number of carbonyl (C=O) groups is 2. The number of aromatic nitrogens is 1. The molecule has 1 aliphatic carbocycles. The molecule has 0 radical (unpaired) electrons. The average Bonchev–Trinajstić information content (AvgIpc) is 3.56. The van der Waals surface area contributed by atoms with Crippen LogP contribution in [0.5, 0.6) is 0 Å². The zero-order chi connectivity index (χ0) is 25.6. The molecular formula is C24H26F3N3O4S. The first-order chi connectivity index (χ1) is 16.5. The summed E-state index contributed by atoms with van der Waals surface area (Å²) < 4.78 is 37.1. The molecule has 35 heavy (non-hydrogen) atoms. The molecule has 1 fully saturated rings. The maximum atomic E-state index is 12.4. The zero-order valence-corrected chi connectivity index (χ0v) is 20.1. The molecule has 0 aliphatic heterocycles. The molecule has 2 aromatic heterocycles. The van der Waals surface area contributed by atoms with Gasteiger partial charge >= 0.3 is 12.1 Å². The number of hydrogen-bond acceptors (Lipinski definition) is 6. The summed E-state index contributed by atoms with van der Waals surface area (Å²) in [6.45, 7) is 4.72.